The molecule has 6 heteroatoms. The van der Waals surface area contributed by atoms with Crippen molar-refractivity contribution >= 4 is 17.7 Å². The topological polar surface area (TPSA) is 29.1 Å². The van der Waals surface area contributed by atoms with Crippen LogP contribution in [0.25, 0.3) is 0 Å². The zero-order valence-corrected chi connectivity index (χ0v) is 11.6. The maximum absolute atomic E-state index is 11.9. The Morgan fingerprint density at radius 1 is 1.32 bits per heavy atom. The number of carbonyl (C=O) groups excluding carboxylic acids is 1. The van der Waals surface area contributed by atoms with Gasteiger partial charge in [-0.2, -0.15) is 13.2 Å². The molecule has 0 bridgehead atoms. The van der Waals surface area contributed by atoms with E-state index in [2.05, 4.69) is 0 Å². The maximum Gasteiger partial charge on any atom is 0.405 e. The number of halogens is 3. The molecule has 0 aliphatic carbocycles. The highest BCUT2D eigenvalue weighted by Crippen LogP contribution is 2.18. The molecular formula is C13H16F3NOS. The number of benzene rings is 1. The van der Waals surface area contributed by atoms with Crippen molar-refractivity contribution in [2.75, 3.05) is 12.3 Å². The van der Waals surface area contributed by atoms with E-state index in [-0.39, 0.29) is 5.75 Å². The predicted octanol–water partition coefficient (Wildman–Crippen LogP) is 3.22. The first kappa shape index (κ1) is 15.9. The maximum atomic E-state index is 11.9. The zero-order valence-electron chi connectivity index (χ0n) is 10.8. The number of nitrogens with one attached hydrogen (secondary N) is 1. The van der Waals surface area contributed by atoms with Gasteiger partial charge in [0, 0.05) is 5.75 Å². The summed E-state index contributed by atoms with van der Waals surface area (Å²) in [5.74, 6) is 0.0591. The lowest BCUT2D eigenvalue weighted by atomic mass is 10.1. The molecule has 19 heavy (non-hydrogen) atoms. The number of amides is 1. The third-order valence-electron chi connectivity index (χ3n) is 2.48. The Balaban J connectivity index is 2.34. The standard InChI is InChI=1S/C13H16F3NOS/c1-9-3-4-10(2)11(5-9)6-19-7-12(18)17-8-13(14,15)16/h3-5H,6-8H2,1-2H3,(H,17,18). The van der Waals surface area contributed by atoms with Crippen LogP contribution in [0.1, 0.15) is 16.7 Å². The minimum absolute atomic E-state index is 0.0312. The lowest BCUT2D eigenvalue weighted by molar-refractivity contribution is -0.136. The quantitative estimate of drug-likeness (QED) is 0.902. The minimum atomic E-state index is -4.35. The van der Waals surface area contributed by atoms with Crippen LogP contribution < -0.4 is 5.32 Å². The van der Waals surface area contributed by atoms with Crippen LogP contribution >= 0.6 is 11.8 Å². The summed E-state index contributed by atoms with van der Waals surface area (Å²) in [5, 5.41) is 1.85. The molecular weight excluding hydrogens is 275 g/mol. The Morgan fingerprint density at radius 2 is 2.00 bits per heavy atom. The Kier molecular flexibility index (Phi) is 5.72. The molecule has 0 atom stereocenters. The molecule has 1 aromatic carbocycles. The summed E-state index contributed by atoms with van der Waals surface area (Å²) in [6, 6.07) is 6.02. The highest BCUT2D eigenvalue weighted by Gasteiger charge is 2.27. The summed E-state index contributed by atoms with van der Waals surface area (Å²) < 4.78 is 35.6. The lowest BCUT2D eigenvalue weighted by Gasteiger charge is -2.09. The molecule has 1 aromatic rings. The van der Waals surface area contributed by atoms with E-state index in [4.69, 9.17) is 0 Å². The van der Waals surface area contributed by atoms with Crippen LogP contribution in [0.2, 0.25) is 0 Å². The number of thioether (sulfide) groups is 1. The van der Waals surface area contributed by atoms with Gasteiger partial charge in [0.05, 0.1) is 5.75 Å². The fourth-order valence-electron chi connectivity index (χ4n) is 1.46. The van der Waals surface area contributed by atoms with Crippen LogP contribution in [-0.4, -0.2) is 24.4 Å². The summed E-state index contributed by atoms with van der Waals surface area (Å²) >= 11 is 1.31. The smallest absolute Gasteiger partial charge is 0.346 e. The van der Waals surface area contributed by atoms with E-state index in [0.717, 1.165) is 16.7 Å². The number of rotatable bonds is 5. The Labute approximate surface area is 114 Å². The molecule has 2 nitrogen and oxygen atoms in total. The van der Waals surface area contributed by atoms with E-state index < -0.39 is 18.6 Å². The van der Waals surface area contributed by atoms with Crippen molar-refractivity contribution in [2.24, 2.45) is 0 Å². The molecule has 0 unspecified atom stereocenters. The molecule has 0 spiro atoms. The first-order chi connectivity index (χ1) is 8.78. The molecule has 1 N–H and O–H groups in total. The van der Waals surface area contributed by atoms with Crippen LogP contribution in [0.15, 0.2) is 18.2 Å². The van der Waals surface area contributed by atoms with E-state index in [1.165, 1.54) is 11.8 Å². The van der Waals surface area contributed by atoms with Crippen molar-refractivity contribution in [1.82, 2.24) is 5.32 Å². The van der Waals surface area contributed by atoms with Gasteiger partial charge in [-0.1, -0.05) is 23.8 Å². The molecule has 0 aliphatic heterocycles. The Hall–Kier alpha value is -1.17. The monoisotopic (exact) mass is 291 g/mol. The van der Waals surface area contributed by atoms with Crippen molar-refractivity contribution in [3.05, 3.63) is 34.9 Å². The van der Waals surface area contributed by atoms with E-state index in [0.29, 0.717) is 5.75 Å². The van der Waals surface area contributed by atoms with Gasteiger partial charge in [0.1, 0.15) is 6.54 Å². The van der Waals surface area contributed by atoms with Crippen LogP contribution in [0.4, 0.5) is 13.2 Å². The van der Waals surface area contributed by atoms with Gasteiger partial charge in [0.2, 0.25) is 5.91 Å². The predicted molar refractivity (Wildman–Crippen MR) is 71.1 cm³/mol. The molecule has 0 saturated heterocycles. The highest BCUT2D eigenvalue weighted by molar-refractivity contribution is 7.99. The van der Waals surface area contributed by atoms with Gasteiger partial charge < -0.3 is 5.32 Å². The zero-order chi connectivity index (χ0) is 14.5. The summed E-state index contributed by atoms with van der Waals surface area (Å²) in [5.41, 5.74) is 3.35. The molecule has 0 aliphatic rings. The van der Waals surface area contributed by atoms with Gasteiger partial charge in [-0.05, 0) is 25.0 Å². The summed E-state index contributed by atoms with van der Waals surface area (Å²) in [6.45, 7) is 2.68. The minimum Gasteiger partial charge on any atom is -0.346 e. The highest BCUT2D eigenvalue weighted by atomic mass is 32.2. The van der Waals surface area contributed by atoms with Gasteiger partial charge in [-0.15, -0.1) is 11.8 Å². The fraction of sp³-hybridized carbons (Fsp3) is 0.462. The molecule has 0 radical (unpaired) electrons. The molecule has 0 aromatic heterocycles. The summed E-state index contributed by atoms with van der Waals surface area (Å²) in [6.07, 6.45) is -4.35. The van der Waals surface area contributed by atoms with Crippen LogP contribution in [-0.2, 0) is 10.5 Å². The van der Waals surface area contributed by atoms with E-state index in [1.807, 2.05) is 37.4 Å². The molecule has 0 saturated carbocycles. The van der Waals surface area contributed by atoms with Crippen LogP contribution in [0.5, 0.6) is 0 Å². The van der Waals surface area contributed by atoms with E-state index in [1.54, 1.807) is 0 Å². The first-order valence-corrected chi connectivity index (χ1v) is 6.91. The van der Waals surface area contributed by atoms with Crippen molar-refractivity contribution < 1.29 is 18.0 Å². The molecule has 0 heterocycles. The van der Waals surface area contributed by atoms with Gasteiger partial charge in [-0.3, -0.25) is 4.79 Å². The number of hydrogen-bond acceptors (Lipinski definition) is 2. The second-order valence-corrected chi connectivity index (χ2v) is 5.30. The summed E-state index contributed by atoms with van der Waals surface area (Å²) in [4.78, 5) is 11.2. The average Bonchev–Trinajstić information content (AvgIpc) is 2.30. The second-order valence-electron chi connectivity index (χ2n) is 4.31. The number of hydrogen-bond donors (Lipinski definition) is 1. The normalized spacial score (nSPS) is 11.4. The van der Waals surface area contributed by atoms with Crippen LogP contribution in [0.3, 0.4) is 0 Å². The number of aryl methyl sites for hydroxylation is 2. The van der Waals surface area contributed by atoms with E-state index in [9.17, 15) is 18.0 Å². The van der Waals surface area contributed by atoms with Gasteiger partial charge in [-0.25, -0.2) is 0 Å². The SMILES string of the molecule is Cc1ccc(C)c(CSCC(=O)NCC(F)(F)F)c1. The van der Waals surface area contributed by atoms with Crippen molar-refractivity contribution in [2.45, 2.75) is 25.8 Å². The molecule has 106 valence electrons. The average molecular weight is 291 g/mol. The first-order valence-electron chi connectivity index (χ1n) is 5.75. The van der Waals surface area contributed by atoms with Crippen molar-refractivity contribution in [3.63, 3.8) is 0 Å². The second kappa shape index (κ2) is 6.84. The Bertz CT molecular complexity index is 446. The number of alkyl halides is 3. The third kappa shape index (κ3) is 6.52. The van der Waals surface area contributed by atoms with Gasteiger partial charge in [0.25, 0.3) is 0 Å². The molecule has 0 fully saturated rings. The van der Waals surface area contributed by atoms with Crippen molar-refractivity contribution in [1.29, 1.82) is 0 Å². The molecule has 1 rings (SSSR count). The molecule has 1 amide bonds. The lowest BCUT2D eigenvalue weighted by Crippen LogP contribution is -2.34. The largest absolute Gasteiger partial charge is 0.405 e. The number of carbonyl (C=O) groups is 1. The fourth-order valence-corrected chi connectivity index (χ4v) is 2.38. The Morgan fingerprint density at radius 3 is 2.63 bits per heavy atom. The van der Waals surface area contributed by atoms with Crippen molar-refractivity contribution in [3.8, 4) is 0 Å². The van der Waals surface area contributed by atoms with Crippen LogP contribution in [0, 0.1) is 13.8 Å². The van der Waals surface area contributed by atoms with Gasteiger partial charge in [0.15, 0.2) is 0 Å². The third-order valence-corrected chi connectivity index (χ3v) is 3.46. The van der Waals surface area contributed by atoms with E-state index >= 15 is 0 Å². The summed E-state index contributed by atoms with van der Waals surface area (Å²) in [7, 11) is 0. The van der Waals surface area contributed by atoms with Gasteiger partial charge >= 0.3 is 6.18 Å².